The van der Waals surface area contributed by atoms with Gasteiger partial charge in [-0.25, -0.2) is 4.98 Å². The minimum atomic E-state index is -0.320. The summed E-state index contributed by atoms with van der Waals surface area (Å²) in [7, 11) is 1.57. The highest BCUT2D eigenvalue weighted by Gasteiger charge is 2.10. The van der Waals surface area contributed by atoms with E-state index in [1.54, 1.807) is 25.4 Å². The van der Waals surface area contributed by atoms with Crippen molar-refractivity contribution in [2.24, 2.45) is 0 Å². The number of thiazole rings is 1. The first-order valence-electron chi connectivity index (χ1n) is 7.26. The van der Waals surface area contributed by atoms with Crippen molar-refractivity contribution in [1.82, 2.24) is 20.2 Å². The summed E-state index contributed by atoms with van der Waals surface area (Å²) < 4.78 is 6.97. The summed E-state index contributed by atoms with van der Waals surface area (Å²) in [6.07, 6.45) is 3.93. The monoisotopic (exact) mass is 344 g/mol. The number of benzene rings is 1. The summed E-state index contributed by atoms with van der Waals surface area (Å²) in [5.74, 6) is 0.0613. The fraction of sp³-hybridized carbons (Fsp3) is 0.188. The Hall–Kier alpha value is -2.87. The van der Waals surface area contributed by atoms with E-state index in [2.05, 4.69) is 15.8 Å². The van der Waals surface area contributed by atoms with E-state index in [-0.39, 0.29) is 24.7 Å². The predicted octanol–water partition coefficient (Wildman–Crippen LogP) is 1.34. The number of carbonyl (C=O) groups excluding carboxylic acids is 2. The topological polar surface area (TPSA) is 84.7 Å². The second kappa shape index (κ2) is 7.14. The van der Waals surface area contributed by atoms with Gasteiger partial charge in [0.2, 0.25) is 11.8 Å². The van der Waals surface area contributed by atoms with Crippen molar-refractivity contribution in [3.8, 4) is 5.75 Å². The molecule has 3 aromatic rings. The molecular formula is C16H16N4O3S. The molecule has 8 heteroatoms. The summed E-state index contributed by atoms with van der Waals surface area (Å²) in [4.78, 5) is 28.9. The summed E-state index contributed by atoms with van der Waals surface area (Å²) in [6.45, 7) is 0. The van der Waals surface area contributed by atoms with Crippen molar-refractivity contribution >= 4 is 28.1 Å². The van der Waals surface area contributed by atoms with Crippen LogP contribution in [-0.2, 0) is 22.4 Å². The lowest BCUT2D eigenvalue weighted by Gasteiger charge is -2.07. The number of imidazole rings is 1. The van der Waals surface area contributed by atoms with Gasteiger partial charge in [-0.2, -0.15) is 0 Å². The van der Waals surface area contributed by atoms with Crippen LogP contribution in [0.1, 0.15) is 11.3 Å². The van der Waals surface area contributed by atoms with Crippen LogP contribution >= 0.6 is 11.3 Å². The van der Waals surface area contributed by atoms with Gasteiger partial charge in [0.15, 0.2) is 4.96 Å². The van der Waals surface area contributed by atoms with Crippen molar-refractivity contribution in [3.05, 3.63) is 53.3 Å². The van der Waals surface area contributed by atoms with Crippen LogP contribution in [0.4, 0.5) is 0 Å². The van der Waals surface area contributed by atoms with E-state index in [0.29, 0.717) is 11.4 Å². The number of ether oxygens (including phenoxy) is 1. The number of fused-ring (bicyclic) bond motifs is 1. The number of nitrogens with one attached hydrogen (secondary N) is 2. The molecule has 0 aliphatic carbocycles. The highest BCUT2D eigenvalue weighted by atomic mass is 32.1. The van der Waals surface area contributed by atoms with Crippen molar-refractivity contribution in [1.29, 1.82) is 0 Å². The number of hydrogen-bond acceptors (Lipinski definition) is 5. The van der Waals surface area contributed by atoms with Gasteiger partial charge < -0.3 is 4.74 Å². The standard InChI is InChI=1S/C16H16N4O3S/c1-23-13-4-2-3-11(7-13)8-14(21)18-19-15(22)9-12-10-20-5-6-24-16(20)17-12/h2-7,10H,8-9H2,1H3,(H,18,21)(H,19,22). The van der Waals surface area contributed by atoms with E-state index in [4.69, 9.17) is 4.74 Å². The molecule has 0 saturated carbocycles. The van der Waals surface area contributed by atoms with Crippen LogP contribution in [0.15, 0.2) is 42.0 Å². The van der Waals surface area contributed by atoms with Crippen molar-refractivity contribution < 1.29 is 14.3 Å². The molecular weight excluding hydrogens is 328 g/mol. The van der Waals surface area contributed by atoms with Crippen LogP contribution in [0.5, 0.6) is 5.75 Å². The lowest BCUT2D eigenvalue weighted by atomic mass is 10.1. The van der Waals surface area contributed by atoms with Crippen LogP contribution in [-0.4, -0.2) is 28.3 Å². The third kappa shape index (κ3) is 3.90. The highest BCUT2D eigenvalue weighted by molar-refractivity contribution is 7.15. The fourth-order valence-electron chi connectivity index (χ4n) is 2.22. The van der Waals surface area contributed by atoms with Crippen LogP contribution in [0.2, 0.25) is 0 Å². The Labute approximate surface area is 142 Å². The maximum Gasteiger partial charge on any atom is 0.244 e. The Bertz CT molecular complexity index is 842. The zero-order valence-corrected chi connectivity index (χ0v) is 13.8. The summed E-state index contributed by atoms with van der Waals surface area (Å²) >= 11 is 1.50. The molecule has 0 spiro atoms. The second-order valence-corrected chi connectivity index (χ2v) is 6.00. The molecule has 1 aromatic carbocycles. The Morgan fingerprint density at radius 1 is 1.25 bits per heavy atom. The molecule has 0 atom stereocenters. The number of amides is 2. The Morgan fingerprint density at radius 3 is 2.79 bits per heavy atom. The fourth-order valence-corrected chi connectivity index (χ4v) is 2.94. The van der Waals surface area contributed by atoms with E-state index in [1.807, 2.05) is 28.1 Å². The number of aromatic nitrogens is 2. The highest BCUT2D eigenvalue weighted by Crippen LogP contribution is 2.13. The molecule has 124 valence electrons. The summed E-state index contributed by atoms with van der Waals surface area (Å²) in [5, 5.41) is 1.92. The van der Waals surface area contributed by atoms with Gasteiger partial charge in [0.1, 0.15) is 5.75 Å². The normalized spacial score (nSPS) is 10.5. The van der Waals surface area contributed by atoms with Gasteiger partial charge in [-0.05, 0) is 17.7 Å². The average Bonchev–Trinajstić information content (AvgIpc) is 3.14. The Morgan fingerprint density at radius 2 is 2.04 bits per heavy atom. The molecule has 0 aliphatic heterocycles. The maximum absolute atomic E-state index is 11.9. The van der Waals surface area contributed by atoms with Crippen molar-refractivity contribution in [3.63, 3.8) is 0 Å². The lowest BCUT2D eigenvalue weighted by molar-refractivity contribution is -0.128. The van der Waals surface area contributed by atoms with Gasteiger partial charge in [0.05, 0.1) is 25.6 Å². The second-order valence-electron chi connectivity index (χ2n) is 5.13. The molecule has 0 aliphatic rings. The predicted molar refractivity (Wildman–Crippen MR) is 89.8 cm³/mol. The minimum Gasteiger partial charge on any atom is -0.497 e. The van der Waals surface area contributed by atoms with Gasteiger partial charge in [0, 0.05) is 17.8 Å². The zero-order chi connectivity index (χ0) is 16.9. The van der Waals surface area contributed by atoms with Crippen LogP contribution in [0, 0.1) is 0 Å². The van der Waals surface area contributed by atoms with Gasteiger partial charge in [0.25, 0.3) is 0 Å². The molecule has 0 fully saturated rings. The first-order valence-corrected chi connectivity index (χ1v) is 8.13. The third-order valence-electron chi connectivity index (χ3n) is 3.32. The minimum absolute atomic E-state index is 0.105. The first-order chi connectivity index (χ1) is 11.6. The molecule has 2 N–H and O–H groups in total. The number of nitrogens with zero attached hydrogens (tertiary/aromatic N) is 2. The number of hydrogen-bond donors (Lipinski definition) is 2. The molecule has 2 heterocycles. The lowest BCUT2D eigenvalue weighted by Crippen LogP contribution is -2.43. The van der Waals surface area contributed by atoms with Gasteiger partial charge in [-0.15, -0.1) is 11.3 Å². The van der Waals surface area contributed by atoms with Crippen LogP contribution in [0.25, 0.3) is 4.96 Å². The SMILES string of the molecule is COc1cccc(CC(=O)NNC(=O)Cc2cn3ccsc3n2)c1. The third-order valence-corrected chi connectivity index (χ3v) is 4.10. The quantitative estimate of drug-likeness (QED) is 0.684. The maximum atomic E-state index is 11.9. The average molecular weight is 344 g/mol. The smallest absolute Gasteiger partial charge is 0.244 e. The van der Waals surface area contributed by atoms with E-state index in [1.165, 1.54) is 11.3 Å². The summed E-state index contributed by atoms with van der Waals surface area (Å²) in [6, 6.07) is 7.21. The zero-order valence-electron chi connectivity index (χ0n) is 13.0. The van der Waals surface area contributed by atoms with E-state index in [0.717, 1.165) is 10.5 Å². The first kappa shape index (κ1) is 16.0. The van der Waals surface area contributed by atoms with Crippen molar-refractivity contribution in [2.75, 3.05) is 7.11 Å². The molecule has 0 saturated heterocycles. The van der Waals surface area contributed by atoms with E-state index >= 15 is 0 Å². The van der Waals surface area contributed by atoms with Gasteiger partial charge >= 0.3 is 0 Å². The largest absolute Gasteiger partial charge is 0.497 e. The molecule has 0 radical (unpaired) electrons. The number of carbonyl (C=O) groups is 2. The molecule has 0 bridgehead atoms. The van der Waals surface area contributed by atoms with Gasteiger partial charge in [-0.1, -0.05) is 12.1 Å². The Kier molecular flexibility index (Phi) is 4.76. The number of hydrazine groups is 1. The van der Waals surface area contributed by atoms with E-state index in [9.17, 15) is 9.59 Å². The van der Waals surface area contributed by atoms with E-state index < -0.39 is 0 Å². The molecule has 2 aromatic heterocycles. The van der Waals surface area contributed by atoms with Crippen LogP contribution < -0.4 is 15.6 Å². The molecule has 3 rings (SSSR count). The van der Waals surface area contributed by atoms with Crippen molar-refractivity contribution in [2.45, 2.75) is 12.8 Å². The molecule has 2 amide bonds. The van der Waals surface area contributed by atoms with Crippen LogP contribution in [0.3, 0.4) is 0 Å². The number of methoxy groups -OCH3 is 1. The molecule has 0 unspecified atom stereocenters. The molecule has 24 heavy (non-hydrogen) atoms. The van der Waals surface area contributed by atoms with Gasteiger partial charge in [-0.3, -0.25) is 24.8 Å². The summed E-state index contributed by atoms with van der Waals surface area (Å²) in [5.41, 5.74) is 6.26. The Balaban J connectivity index is 1.48. The number of rotatable bonds is 5. The molecule has 7 nitrogen and oxygen atoms in total.